The summed E-state index contributed by atoms with van der Waals surface area (Å²) < 4.78 is 24.5. The fraction of sp³-hybridized carbons (Fsp3) is 0.222. The Morgan fingerprint density at radius 3 is 2.48 bits per heavy atom. The highest BCUT2D eigenvalue weighted by Gasteiger charge is 2.22. The fourth-order valence-electron chi connectivity index (χ4n) is 2.57. The van der Waals surface area contributed by atoms with E-state index in [-0.39, 0.29) is 10.5 Å². The van der Waals surface area contributed by atoms with Gasteiger partial charge in [0.25, 0.3) is 5.24 Å². The minimum absolute atomic E-state index is 0.0126. The molecule has 7 heteroatoms. The largest absolute Gasteiger partial charge is 0.344 e. The second-order valence-corrected chi connectivity index (χ2v) is 7.93. The maximum atomic E-state index is 12.3. The van der Waals surface area contributed by atoms with E-state index in [1.165, 1.54) is 6.07 Å². The summed E-state index contributed by atoms with van der Waals surface area (Å²) in [4.78, 5) is 13.4. The quantitative estimate of drug-likeness (QED) is 0.744. The van der Waals surface area contributed by atoms with Crippen LogP contribution in [0, 0.1) is 11.3 Å². The smallest absolute Gasteiger partial charge is 0.252 e. The Morgan fingerprint density at radius 1 is 1.28 bits per heavy atom. The molecule has 0 unspecified atom stereocenters. The van der Waals surface area contributed by atoms with Crippen LogP contribution in [0.2, 0.25) is 0 Å². The molecule has 25 heavy (non-hydrogen) atoms. The molecule has 5 nitrogen and oxygen atoms in total. The van der Waals surface area contributed by atoms with Crippen molar-refractivity contribution in [3.8, 4) is 6.07 Å². The number of rotatable bonds is 5. The number of nitriles is 1. The maximum absolute atomic E-state index is 12.3. The fourth-order valence-corrected chi connectivity index (χ4v) is 3.65. The van der Waals surface area contributed by atoms with Crippen molar-refractivity contribution in [2.45, 2.75) is 18.2 Å². The van der Waals surface area contributed by atoms with Crippen LogP contribution in [0.5, 0.6) is 0 Å². The second kappa shape index (κ2) is 7.26. The number of hydrogen-bond acceptors (Lipinski definition) is 5. The molecule has 0 heterocycles. The average Bonchev–Trinajstić information content (AvgIpc) is 2.58. The summed E-state index contributed by atoms with van der Waals surface area (Å²) in [5.74, 6) is 0. The number of halogens is 1. The van der Waals surface area contributed by atoms with Crippen LogP contribution < -0.4 is 4.90 Å². The predicted octanol–water partition coefficient (Wildman–Crippen LogP) is 3.67. The third-order valence-electron chi connectivity index (χ3n) is 3.90. The summed E-state index contributed by atoms with van der Waals surface area (Å²) in [5, 5.41) is 8.37. The number of aryl methyl sites for hydroxylation is 1. The first-order valence-electron chi connectivity index (χ1n) is 7.49. The van der Waals surface area contributed by atoms with Crippen LogP contribution in [0.4, 0.5) is 11.4 Å². The average molecular weight is 377 g/mol. The topological polar surface area (TPSA) is 78.2 Å². The van der Waals surface area contributed by atoms with Crippen LogP contribution in [0.3, 0.4) is 0 Å². The molecule has 0 aliphatic heterocycles. The molecule has 2 aromatic rings. The summed E-state index contributed by atoms with van der Waals surface area (Å²) in [6.45, 7) is 1.86. The van der Waals surface area contributed by atoms with Crippen molar-refractivity contribution in [2.75, 3.05) is 18.2 Å². The van der Waals surface area contributed by atoms with E-state index in [0.29, 0.717) is 28.9 Å². The molecule has 0 aromatic heterocycles. The van der Waals surface area contributed by atoms with Gasteiger partial charge in [0, 0.05) is 24.6 Å². The Kier molecular flexibility index (Phi) is 5.51. The van der Waals surface area contributed by atoms with E-state index in [4.69, 9.17) is 16.9 Å². The first-order chi connectivity index (χ1) is 11.7. The van der Waals surface area contributed by atoms with Gasteiger partial charge in [0.05, 0.1) is 22.2 Å². The number of carbonyl (C=O) groups is 1. The Hall–Kier alpha value is -2.36. The lowest BCUT2D eigenvalue weighted by Crippen LogP contribution is -2.16. The van der Waals surface area contributed by atoms with Gasteiger partial charge in [-0.1, -0.05) is 13.0 Å². The molecule has 0 radical (unpaired) electrons. The number of hydrogen-bond donors (Lipinski definition) is 0. The molecule has 2 aromatic carbocycles. The lowest BCUT2D eigenvalue weighted by molar-refractivity contribution is 0.108. The van der Waals surface area contributed by atoms with Crippen LogP contribution in [-0.2, 0) is 16.3 Å². The highest BCUT2D eigenvalue weighted by Crippen LogP contribution is 2.34. The zero-order valence-electron chi connectivity index (χ0n) is 14.1. The second-order valence-electron chi connectivity index (χ2n) is 5.60. The van der Waals surface area contributed by atoms with E-state index in [1.54, 1.807) is 42.3 Å². The van der Waals surface area contributed by atoms with Gasteiger partial charge in [-0.3, -0.25) is 4.79 Å². The number of nitrogens with zero attached hydrogens (tertiary/aromatic N) is 2. The molecule has 0 aliphatic rings. The Balaban J connectivity index is 2.74. The van der Waals surface area contributed by atoms with E-state index < -0.39 is 15.1 Å². The SMILES string of the molecule is CCc1cc(N(C)c2cccc(C#N)c2)c(S(C)(=O)=O)cc1C(=O)Cl. The van der Waals surface area contributed by atoms with E-state index in [1.807, 2.05) is 6.92 Å². The highest BCUT2D eigenvalue weighted by atomic mass is 35.5. The van der Waals surface area contributed by atoms with Crippen LogP contribution in [0.25, 0.3) is 0 Å². The molecule has 0 amide bonds. The molecule has 0 N–H and O–H groups in total. The van der Waals surface area contributed by atoms with Gasteiger partial charge in [-0.15, -0.1) is 0 Å². The van der Waals surface area contributed by atoms with Crippen LogP contribution in [-0.4, -0.2) is 27.0 Å². The minimum Gasteiger partial charge on any atom is -0.344 e. The summed E-state index contributed by atoms with van der Waals surface area (Å²) in [6.07, 6.45) is 1.61. The zero-order valence-corrected chi connectivity index (χ0v) is 15.6. The lowest BCUT2D eigenvalue weighted by Gasteiger charge is -2.24. The van der Waals surface area contributed by atoms with Gasteiger partial charge in [0.1, 0.15) is 0 Å². The normalized spacial score (nSPS) is 11.0. The van der Waals surface area contributed by atoms with Crippen molar-refractivity contribution < 1.29 is 13.2 Å². The van der Waals surface area contributed by atoms with Crippen molar-refractivity contribution in [1.82, 2.24) is 0 Å². The summed E-state index contributed by atoms with van der Waals surface area (Å²) in [7, 11) is -1.89. The Bertz CT molecular complexity index is 978. The standard InChI is InChI=1S/C18H17ClN2O3S/c1-4-13-9-16(17(25(3,23)24)10-15(13)18(19)22)21(2)14-7-5-6-12(8-14)11-20/h5-10H,4H2,1-3H3. The molecular formula is C18H17ClN2O3S. The molecule has 0 fully saturated rings. The molecule has 0 saturated carbocycles. The molecule has 0 spiro atoms. The molecule has 0 bridgehead atoms. The molecule has 0 saturated heterocycles. The number of carbonyl (C=O) groups excluding carboxylic acids is 1. The van der Waals surface area contributed by atoms with Gasteiger partial charge in [-0.2, -0.15) is 5.26 Å². The zero-order chi connectivity index (χ0) is 18.8. The van der Waals surface area contributed by atoms with E-state index in [0.717, 1.165) is 6.26 Å². The van der Waals surface area contributed by atoms with Crippen molar-refractivity contribution in [1.29, 1.82) is 5.26 Å². The molecule has 0 aliphatic carbocycles. The first kappa shape index (κ1) is 19.0. The third-order valence-corrected chi connectivity index (χ3v) is 5.23. The van der Waals surface area contributed by atoms with Crippen molar-refractivity contribution >= 4 is 38.1 Å². The van der Waals surface area contributed by atoms with Gasteiger partial charge >= 0.3 is 0 Å². The van der Waals surface area contributed by atoms with Gasteiger partial charge in [-0.05, 0) is 53.9 Å². The molecule has 130 valence electrons. The molecular weight excluding hydrogens is 360 g/mol. The van der Waals surface area contributed by atoms with E-state index in [2.05, 4.69) is 6.07 Å². The van der Waals surface area contributed by atoms with Gasteiger partial charge in [0.2, 0.25) is 0 Å². The maximum Gasteiger partial charge on any atom is 0.252 e. The monoisotopic (exact) mass is 376 g/mol. The van der Waals surface area contributed by atoms with Crippen molar-refractivity contribution in [3.63, 3.8) is 0 Å². The van der Waals surface area contributed by atoms with E-state index >= 15 is 0 Å². The van der Waals surface area contributed by atoms with Crippen LogP contribution in [0.1, 0.15) is 28.4 Å². The van der Waals surface area contributed by atoms with E-state index in [9.17, 15) is 13.2 Å². The van der Waals surface area contributed by atoms with Gasteiger partial charge in [-0.25, -0.2) is 8.42 Å². The van der Waals surface area contributed by atoms with Crippen LogP contribution >= 0.6 is 11.6 Å². The first-order valence-corrected chi connectivity index (χ1v) is 9.76. The van der Waals surface area contributed by atoms with Crippen molar-refractivity contribution in [3.05, 3.63) is 53.1 Å². The number of benzene rings is 2. The predicted molar refractivity (Wildman–Crippen MR) is 98.3 cm³/mol. The van der Waals surface area contributed by atoms with Gasteiger partial charge < -0.3 is 4.90 Å². The van der Waals surface area contributed by atoms with Crippen molar-refractivity contribution in [2.24, 2.45) is 0 Å². The summed E-state index contributed by atoms with van der Waals surface area (Å²) in [5.41, 5.74) is 2.40. The minimum atomic E-state index is -3.60. The van der Waals surface area contributed by atoms with Gasteiger partial charge in [0.15, 0.2) is 9.84 Å². The summed E-state index contributed by atoms with van der Waals surface area (Å²) in [6, 6.07) is 11.9. The summed E-state index contributed by atoms with van der Waals surface area (Å²) >= 11 is 5.61. The molecule has 0 atom stereocenters. The highest BCUT2D eigenvalue weighted by molar-refractivity contribution is 7.90. The lowest BCUT2D eigenvalue weighted by atomic mass is 10.0. The number of sulfone groups is 1. The molecule has 2 rings (SSSR count). The van der Waals surface area contributed by atoms with Crippen LogP contribution in [0.15, 0.2) is 41.3 Å². The number of anilines is 2. The Morgan fingerprint density at radius 2 is 1.96 bits per heavy atom. The Labute approximate surface area is 152 Å². The third kappa shape index (κ3) is 4.01.